The number of rotatable bonds is 2. The molecule has 2 aromatic rings. The molecular weight excluding hydrogens is 402 g/mol. The summed E-state index contributed by atoms with van der Waals surface area (Å²) >= 11 is 6.44. The second kappa shape index (κ2) is 6.17. The Morgan fingerprint density at radius 2 is 1.52 bits per heavy atom. The molecule has 0 aliphatic heterocycles. The van der Waals surface area contributed by atoms with Crippen LogP contribution in [0.4, 0.5) is 8.78 Å². The molecule has 1 unspecified atom stereocenters. The minimum Gasteiger partial charge on any atom is -0.207 e. The summed E-state index contributed by atoms with van der Waals surface area (Å²) in [7, 11) is 0. The van der Waals surface area contributed by atoms with Crippen LogP contribution in [-0.2, 0) is 5.41 Å². The van der Waals surface area contributed by atoms with E-state index in [4.69, 9.17) is 0 Å². The zero-order valence-electron chi connectivity index (χ0n) is 12.1. The fourth-order valence-electron chi connectivity index (χ4n) is 2.06. The minimum absolute atomic E-state index is 0.0648. The van der Waals surface area contributed by atoms with E-state index in [1.807, 2.05) is 24.3 Å². The highest BCUT2D eigenvalue weighted by Crippen LogP contribution is 2.35. The molecule has 0 heterocycles. The van der Waals surface area contributed by atoms with Gasteiger partial charge in [0.1, 0.15) is 11.6 Å². The highest BCUT2D eigenvalue weighted by molar-refractivity contribution is 9.10. The molecule has 0 bridgehead atoms. The molecule has 0 spiro atoms. The van der Waals surface area contributed by atoms with Gasteiger partial charge in [0.15, 0.2) is 0 Å². The Kier molecular flexibility index (Phi) is 4.89. The van der Waals surface area contributed by atoms with Crippen molar-refractivity contribution in [1.29, 1.82) is 0 Å². The van der Waals surface area contributed by atoms with Crippen molar-refractivity contribution in [2.45, 2.75) is 31.0 Å². The Morgan fingerprint density at radius 1 is 0.952 bits per heavy atom. The molecule has 0 radical (unpaired) electrons. The van der Waals surface area contributed by atoms with Crippen LogP contribution in [0.15, 0.2) is 40.9 Å². The average molecular weight is 418 g/mol. The van der Waals surface area contributed by atoms with E-state index in [-0.39, 0.29) is 14.7 Å². The van der Waals surface area contributed by atoms with Gasteiger partial charge >= 0.3 is 0 Å². The summed E-state index contributed by atoms with van der Waals surface area (Å²) in [6.45, 7) is 6.41. The Labute approximate surface area is 140 Å². The van der Waals surface area contributed by atoms with Crippen LogP contribution in [0.5, 0.6) is 0 Å². The Bertz CT molecular complexity index is 643. The van der Waals surface area contributed by atoms with Crippen LogP contribution in [0, 0.1) is 11.6 Å². The predicted octanol–water partition coefficient (Wildman–Crippen LogP) is 6.51. The van der Waals surface area contributed by atoms with E-state index in [1.54, 1.807) is 0 Å². The lowest BCUT2D eigenvalue weighted by Crippen LogP contribution is -2.11. The first-order valence-electron chi connectivity index (χ1n) is 6.59. The summed E-state index contributed by atoms with van der Waals surface area (Å²) in [5.41, 5.74) is 2.45. The molecule has 0 saturated carbocycles. The molecule has 0 saturated heterocycles. The summed E-state index contributed by atoms with van der Waals surface area (Å²) < 4.78 is 27.8. The van der Waals surface area contributed by atoms with E-state index in [2.05, 4.69) is 52.6 Å². The molecule has 112 valence electrons. The molecule has 0 N–H and O–H groups in total. The summed E-state index contributed by atoms with van der Waals surface area (Å²) in [6, 6.07) is 10.3. The number of benzene rings is 2. The van der Waals surface area contributed by atoms with E-state index in [9.17, 15) is 8.78 Å². The predicted molar refractivity (Wildman–Crippen MR) is 90.0 cm³/mol. The van der Waals surface area contributed by atoms with Crippen LogP contribution < -0.4 is 0 Å². The van der Waals surface area contributed by atoms with Crippen LogP contribution in [-0.4, -0.2) is 0 Å². The molecule has 0 aliphatic carbocycles. The van der Waals surface area contributed by atoms with Crippen LogP contribution in [0.2, 0.25) is 0 Å². The zero-order valence-corrected chi connectivity index (χ0v) is 15.2. The van der Waals surface area contributed by atoms with Gasteiger partial charge in [-0.1, -0.05) is 61.0 Å². The molecule has 0 fully saturated rings. The second-order valence-corrected chi connectivity index (χ2v) is 7.79. The number of hydrogen-bond acceptors (Lipinski definition) is 0. The van der Waals surface area contributed by atoms with Crippen molar-refractivity contribution in [2.24, 2.45) is 0 Å². The largest absolute Gasteiger partial charge is 0.207 e. The highest BCUT2D eigenvalue weighted by atomic mass is 79.9. The normalized spacial score (nSPS) is 13.3. The summed E-state index contributed by atoms with van der Waals surface area (Å²) in [5.74, 6) is -0.910. The van der Waals surface area contributed by atoms with E-state index >= 15 is 0 Å². The quantitative estimate of drug-likeness (QED) is 0.386. The van der Waals surface area contributed by atoms with Gasteiger partial charge in [-0.2, -0.15) is 0 Å². The van der Waals surface area contributed by atoms with Crippen LogP contribution >= 0.6 is 31.9 Å². The molecule has 0 amide bonds. The number of alkyl halides is 1. The third-order valence-electron chi connectivity index (χ3n) is 3.38. The molecule has 0 aliphatic rings. The lowest BCUT2D eigenvalue weighted by Gasteiger charge is -2.20. The number of hydrogen-bond donors (Lipinski definition) is 0. The standard InChI is InChI=1S/C17H16Br2F2/c1-17(2,3)11-6-4-10(5-7-11)16(19)12-8-15(21)13(18)9-14(12)20/h4-9,16H,1-3H3. The van der Waals surface area contributed by atoms with Gasteiger partial charge in [-0.3, -0.25) is 0 Å². The Hall–Kier alpha value is -0.740. The van der Waals surface area contributed by atoms with Crippen LogP contribution in [0.1, 0.15) is 42.3 Å². The minimum atomic E-state index is -0.470. The maximum absolute atomic E-state index is 14.0. The second-order valence-electron chi connectivity index (χ2n) is 6.02. The van der Waals surface area contributed by atoms with Crippen molar-refractivity contribution in [3.63, 3.8) is 0 Å². The average Bonchev–Trinajstić information content (AvgIpc) is 2.41. The first-order valence-corrected chi connectivity index (χ1v) is 8.30. The van der Waals surface area contributed by atoms with Gasteiger partial charge in [0.2, 0.25) is 0 Å². The summed E-state index contributed by atoms with van der Waals surface area (Å²) in [4.78, 5) is -0.380. The molecule has 21 heavy (non-hydrogen) atoms. The van der Waals surface area contributed by atoms with Crippen molar-refractivity contribution >= 4 is 31.9 Å². The highest BCUT2D eigenvalue weighted by Gasteiger charge is 2.19. The number of halogens is 4. The summed E-state index contributed by atoms with van der Waals surface area (Å²) in [6.07, 6.45) is 0. The fraction of sp³-hybridized carbons (Fsp3) is 0.294. The first kappa shape index (κ1) is 16.6. The van der Waals surface area contributed by atoms with Gasteiger partial charge < -0.3 is 0 Å². The molecular formula is C17H16Br2F2. The molecule has 1 atom stereocenters. The zero-order chi connectivity index (χ0) is 15.8. The molecule has 2 rings (SSSR count). The molecule has 2 aromatic carbocycles. The monoisotopic (exact) mass is 416 g/mol. The van der Waals surface area contributed by atoms with E-state index < -0.39 is 11.6 Å². The molecule has 0 nitrogen and oxygen atoms in total. The summed E-state index contributed by atoms with van der Waals surface area (Å²) in [5, 5.41) is 0. The maximum atomic E-state index is 14.0. The van der Waals surface area contributed by atoms with Crippen LogP contribution in [0.25, 0.3) is 0 Å². The topological polar surface area (TPSA) is 0 Å². The Morgan fingerprint density at radius 3 is 2.05 bits per heavy atom. The van der Waals surface area contributed by atoms with E-state index in [1.165, 1.54) is 11.6 Å². The van der Waals surface area contributed by atoms with Crippen LogP contribution in [0.3, 0.4) is 0 Å². The first-order chi connectivity index (χ1) is 9.70. The van der Waals surface area contributed by atoms with Gasteiger partial charge in [-0.25, -0.2) is 8.78 Å². The lowest BCUT2D eigenvalue weighted by atomic mass is 9.86. The van der Waals surface area contributed by atoms with Gasteiger partial charge in [0.25, 0.3) is 0 Å². The van der Waals surface area contributed by atoms with Gasteiger partial charge in [0.05, 0.1) is 9.30 Å². The third-order valence-corrected chi connectivity index (χ3v) is 5.01. The Balaban J connectivity index is 2.36. The van der Waals surface area contributed by atoms with Crippen molar-refractivity contribution in [3.8, 4) is 0 Å². The maximum Gasteiger partial charge on any atom is 0.137 e. The van der Waals surface area contributed by atoms with Gasteiger partial charge in [0, 0.05) is 5.56 Å². The lowest BCUT2D eigenvalue weighted by molar-refractivity contribution is 0.582. The third kappa shape index (κ3) is 3.72. The smallest absolute Gasteiger partial charge is 0.137 e. The van der Waals surface area contributed by atoms with Crippen molar-refractivity contribution in [1.82, 2.24) is 0 Å². The van der Waals surface area contributed by atoms with Gasteiger partial charge in [-0.05, 0) is 44.6 Å². The van der Waals surface area contributed by atoms with Crippen molar-refractivity contribution in [3.05, 3.63) is 69.2 Å². The van der Waals surface area contributed by atoms with E-state index in [0.717, 1.165) is 11.6 Å². The molecule has 0 aromatic heterocycles. The fourth-order valence-corrected chi connectivity index (χ4v) is 3.04. The van der Waals surface area contributed by atoms with Crippen molar-refractivity contribution < 1.29 is 8.78 Å². The van der Waals surface area contributed by atoms with Crippen molar-refractivity contribution in [2.75, 3.05) is 0 Å². The SMILES string of the molecule is CC(C)(C)c1ccc(C(Br)c2cc(F)c(Br)cc2F)cc1. The molecule has 4 heteroatoms. The van der Waals surface area contributed by atoms with E-state index in [0.29, 0.717) is 5.56 Å². The van der Waals surface area contributed by atoms with Gasteiger partial charge in [-0.15, -0.1) is 0 Å².